The first-order chi connectivity index (χ1) is 32.5. The van der Waals surface area contributed by atoms with Gasteiger partial charge in [0.25, 0.3) is 0 Å². The van der Waals surface area contributed by atoms with Gasteiger partial charge in [-0.3, -0.25) is 13.8 Å². The van der Waals surface area contributed by atoms with Crippen LogP contribution in [0, 0.1) is 0 Å². The SMILES string of the molecule is CC/C=C\C/C=C\C/C=C\C/C=C\CCCCCCCCCCCCCCCCCCCCCCCCCCC(=O)NC(COP(=O)(O)OCC[N+](C)(C)C)C(O)/C=C/CCCCCCCC. The predicted octanol–water partition coefficient (Wildman–Crippen LogP) is 16.9. The molecule has 8 nitrogen and oxygen atoms in total. The maximum absolute atomic E-state index is 12.9. The minimum Gasteiger partial charge on any atom is -0.387 e. The monoisotopic (exact) mass is 962 g/mol. The number of aliphatic hydroxyl groups is 1. The average molecular weight is 962 g/mol. The Bertz CT molecular complexity index is 1270. The zero-order valence-electron chi connectivity index (χ0n) is 44.6. The number of carbonyl (C=O) groups excluding carboxylic acids is 1. The van der Waals surface area contributed by atoms with E-state index in [0.29, 0.717) is 17.4 Å². The third-order valence-corrected chi connectivity index (χ3v) is 13.5. The lowest BCUT2D eigenvalue weighted by molar-refractivity contribution is -0.870. The Kier molecular flexibility index (Phi) is 47.9. The van der Waals surface area contributed by atoms with Gasteiger partial charge in [-0.15, -0.1) is 0 Å². The van der Waals surface area contributed by atoms with Gasteiger partial charge >= 0.3 is 7.82 Å². The predicted molar refractivity (Wildman–Crippen MR) is 290 cm³/mol. The third-order valence-electron chi connectivity index (χ3n) is 12.5. The van der Waals surface area contributed by atoms with Gasteiger partial charge in [0, 0.05) is 6.42 Å². The number of quaternary nitrogens is 1. The summed E-state index contributed by atoms with van der Waals surface area (Å²) in [5.41, 5.74) is 0. The van der Waals surface area contributed by atoms with Gasteiger partial charge in [0.15, 0.2) is 0 Å². The molecule has 1 amide bonds. The number of allylic oxidation sites excluding steroid dienone is 9. The normalized spacial score (nSPS) is 14.4. The molecule has 0 bridgehead atoms. The van der Waals surface area contributed by atoms with Gasteiger partial charge in [0.2, 0.25) is 5.91 Å². The molecule has 0 aliphatic heterocycles. The number of rotatable bonds is 51. The van der Waals surface area contributed by atoms with Crippen LogP contribution in [0.15, 0.2) is 60.8 Å². The molecule has 0 rings (SSSR count). The first-order valence-electron chi connectivity index (χ1n) is 28.2. The smallest absolute Gasteiger partial charge is 0.387 e. The fourth-order valence-corrected chi connectivity index (χ4v) is 8.83. The summed E-state index contributed by atoms with van der Waals surface area (Å²) < 4.78 is 23.5. The van der Waals surface area contributed by atoms with Crippen LogP contribution in [0.3, 0.4) is 0 Å². The van der Waals surface area contributed by atoms with Gasteiger partial charge in [0.05, 0.1) is 39.9 Å². The van der Waals surface area contributed by atoms with E-state index in [1.165, 1.54) is 167 Å². The van der Waals surface area contributed by atoms with Crippen molar-refractivity contribution in [2.75, 3.05) is 40.9 Å². The summed E-state index contributed by atoms with van der Waals surface area (Å²) in [4.78, 5) is 23.1. The Morgan fingerprint density at radius 2 is 0.896 bits per heavy atom. The molecule has 0 aliphatic rings. The molecule has 0 aromatic rings. The van der Waals surface area contributed by atoms with Gasteiger partial charge in [-0.2, -0.15) is 0 Å². The standard InChI is InChI=1S/C58H109N2O6P/c1-6-8-10-12-14-16-17-18-19-20-21-22-23-24-25-26-27-28-29-30-31-32-33-34-35-36-37-38-39-40-41-42-43-44-46-48-50-52-58(62)59-56(55-66-67(63,64)65-54-53-60(3,4)5)57(61)51-49-47-45-15-13-11-9-7-2/h8,10,14,16,18-19,21-22,49,51,56-57,61H,6-7,9,11-13,15,17,20,23-48,50,52-55H2,1-5H3,(H-,59,62,63,64)/p+1/b10-8-,16-14-,19-18-,22-21-,51-49+. The van der Waals surface area contributed by atoms with Crippen molar-refractivity contribution in [3.05, 3.63) is 60.8 Å². The highest BCUT2D eigenvalue weighted by atomic mass is 31.2. The summed E-state index contributed by atoms with van der Waals surface area (Å²) in [6.07, 6.45) is 66.5. The Morgan fingerprint density at radius 1 is 0.522 bits per heavy atom. The van der Waals surface area contributed by atoms with Crippen molar-refractivity contribution in [3.63, 3.8) is 0 Å². The van der Waals surface area contributed by atoms with Crippen LogP contribution in [-0.4, -0.2) is 73.4 Å². The van der Waals surface area contributed by atoms with Crippen molar-refractivity contribution < 1.29 is 32.9 Å². The molecule has 0 aromatic carbocycles. The maximum Gasteiger partial charge on any atom is 0.472 e. The molecular formula is C58H110N2O6P+. The van der Waals surface area contributed by atoms with Crippen LogP contribution < -0.4 is 5.32 Å². The van der Waals surface area contributed by atoms with Crippen LogP contribution in [0.4, 0.5) is 0 Å². The van der Waals surface area contributed by atoms with Crippen molar-refractivity contribution in [2.45, 2.75) is 264 Å². The first kappa shape index (κ1) is 65.2. The summed E-state index contributed by atoms with van der Waals surface area (Å²) in [5.74, 6) is -0.178. The highest BCUT2D eigenvalue weighted by Gasteiger charge is 2.27. The second-order valence-electron chi connectivity index (χ2n) is 20.3. The molecule has 0 radical (unpaired) electrons. The average Bonchev–Trinajstić information content (AvgIpc) is 3.29. The molecule has 0 aliphatic carbocycles. The van der Waals surface area contributed by atoms with Crippen LogP contribution >= 0.6 is 7.82 Å². The van der Waals surface area contributed by atoms with E-state index in [4.69, 9.17) is 9.05 Å². The number of likely N-dealkylation sites (N-methyl/N-ethyl adjacent to an activating group) is 1. The Morgan fingerprint density at radius 3 is 1.31 bits per heavy atom. The molecule has 3 unspecified atom stereocenters. The number of carbonyl (C=O) groups is 1. The minimum absolute atomic E-state index is 0.0617. The van der Waals surface area contributed by atoms with Crippen molar-refractivity contribution in [1.82, 2.24) is 5.32 Å². The van der Waals surface area contributed by atoms with E-state index in [0.717, 1.165) is 64.2 Å². The molecule has 0 fully saturated rings. The molecule has 0 heterocycles. The molecule has 9 heteroatoms. The number of nitrogens with one attached hydrogen (secondary N) is 1. The van der Waals surface area contributed by atoms with Gasteiger partial charge < -0.3 is 19.8 Å². The van der Waals surface area contributed by atoms with E-state index in [9.17, 15) is 19.4 Å². The molecule has 3 N–H and O–H groups in total. The Hall–Kier alpha value is -1.80. The van der Waals surface area contributed by atoms with Gasteiger partial charge in [-0.1, -0.05) is 248 Å². The lowest BCUT2D eigenvalue weighted by atomic mass is 10.0. The summed E-state index contributed by atoms with van der Waals surface area (Å²) >= 11 is 0. The molecule has 67 heavy (non-hydrogen) atoms. The van der Waals surface area contributed by atoms with E-state index >= 15 is 0 Å². The summed E-state index contributed by atoms with van der Waals surface area (Å²) in [5, 5.41) is 13.8. The number of unbranched alkanes of at least 4 members (excludes halogenated alkanes) is 30. The highest BCUT2D eigenvalue weighted by Crippen LogP contribution is 2.43. The number of nitrogens with zero attached hydrogens (tertiary/aromatic N) is 1. The zero-order valence-corrected chi connectivity index (χ0v) is 45.5. The third kappa shape index (κ3) is 51.9. The number of amides is 1. The van der Waals surface area contributed by atoms with Crippen LogP contribution in [0.5, 0.6) is 0 Å². The van der Waals surface area contributed by atoms with E-state index in [2.05, 4.69) is 67.8 Å². The fraction of sp³-hybridized carbons (Fsp3) is 0.810. The number of hydrogen-bond donors (Lipinski definition) is 3. The van der Waals surface area contributed by atoms with Crippen molar-refractivity contribution >= 4 is 13.7 Å². The molecule has 0 saturated heterocycles. The topological polar surface area (TPSA) is 105 Å². The van der Waals surface area contributed by atoms with Gasteiger partial charge in [-0.05, 0) is 57.8 Å². The second kappa shape index (κ2) is 49.2. The minimum atomic E-state index is -4.33. The van der Waals surface area contributed by atoms with E-state index in [-0.39, 0.29) is 19.1 Å². The molecule has 0 saturated carbocycles. The Balaban J connectivity index is 3.82. The van der Waals surface area contributed by atoms with E-state index in [1.807, 2.05) is 27.2 Å². The van der Waals surface area contributed by atoms with Crippen LogP contribution in [0.25, 0.3) is 0 Å². The number of phosphoric ester groups is 1. The van der Waals surface area contributed by atoms with Crippen molar-refractivity contribution in [2.24, 2.45) is 0 Å². The Labute approximate surface area is 415 Å². The summed E-state index contributed by atoms with van der Waals surface area (Å²) in [6.45, 7) is 4.67. The van der Waals surface area contributed by atoms with Crippen LogP contribution in [0.2, 0.25) is 0 Å². The number of phosphoric acid groups is 1. The van der Waals surface area contributed by atoms with Gasteiger partial charge in [0.1, 0.15) is 13.2 Å². The quantitative estimate of drug-likeness (QED) is 0.0243. The summed E-state index contributed by atoms with van der Waals surface area (Å²) in [7, 11) is 1.57. The summed E-state index contributed by atoms with van der Waals surface area (Å²) in [6, 6.07) is -0.843. The number of aliphatic hydroxyl groups excluding tert-OH is 1. The van der Waals surface area contributed by atoms with E-state index in [1.54, 1.807) is 6.08 Å². The zero-order chi connectivity index (χ0) is 49.2. The molecule has 3 atom stereocenters. The number of hydrogen-bond acceptors (Lipinski definition) is 5. The molecule has 392 valence electrons. The van der Waals surface area contributed by atoms with Crippen molar-refractivity contribution in [1.29, 1.82) is 0 Å². The van der Waals surface area contributed by atoms with Crippen molar-refractivity contribution in [3.8, 4) is 0 Å². The van der Waals surface area contributed by atoms with Crippen LogP contribution in [0.1, 0.15) is 251 Å². The maximum atomic E-state index is 12.9. The lowest BCUT2D eigenvalue weighted by Gasteiger charge is -2.25. The van der Waals surface area contributed by atoms with Crippen LogP contribution in [-0.2, 0) is 18.4 Å². The molecule has 0 spiro atoms. The van der Waals surface area contributed by atoms with E-state index < -0.39 is 20.0 Å². The first-order valence-corrected chi connectivity index (χ1v) is 29.7. The lowest BCUT2D eigenvalue weighted by Crippen LogP contribution is -2.45. The second-order valence-corrected chi connectivity index (χ2v) is 21.7. The van der Waals surface area contributed by atoms with Gasteiger partial charge in [-0.25, -0.2) is 4.57 Å². The molecule has 0 aromatic heterocycles. The molecular weight excluding hydrogens is 852 g/mol. The highest BCUT2D eigenvalue weighted by molar-refractivity contribution is 7.47. The largest absolute Gasteiger partial charge is 0.472 e. The fourth-order valence-electron chi connectivity index (χ4n) is 8.09.